The van der Waals surface area contributed by atoms with E-state index in [0.29, 0.717) is 5.39 Å². The van der Waals surface area contributed by atoms with Crippen molar-refractivity contribution in [1.29, 1.82) is 0 Å². The van der Waals surface area contributed by atoms with E-state index in [-0.39, 0.29) is 5.82 Å². The number of unbranched alkanes of at least 4 members (excludes halogenated alkanes) is 1. The van der Waals surface area contributed by atoms with Gasteiger partial charge in [-0.25, -0.2) is 4.39 Å². The Hall–Kier alpha value is -1.31. The normalized spacial score (nSPS) is 11.0. The van der Waals surface area contributed by atoms with Crippen molar-refractivity contribution < 1.29 is 4.39 Å². The van der Waals surface area contributed by atoms with Crippen LogP contribution in [-0.2, 0) is 6.42 Å². The first-order valence-electron chi connectivity index (χ1n) is 5.07. The second-order valence-corrected chi connectivity index (χ2v) is 3.60. The second kappa shape index (κ2) is 3.82. The molecule has 0 aliphatic rings. The lowest BCUT2D eigenvalue weighted by atomic mass is 10.2. The highest BCUT2D eigenvalue weighted by atomic mass is 19.1. The van der Waals surface area contributed by atoms with Gasteiger partial charge in [0.15, 0.2) is 0 Å². The number of aromatic nitrogens is 1. The van der Waals surface area contributed by atoms with Crippen LogP contribution in [0.1, 0.15) is 25.5 Å². The van der Waals surface area contributed by atoms with Gasteiger partial charge in [0.05, 0.1) is 0 Å². The summed E-state index contributed by atoms with van der Waals surface area (Å²) in [6.07, 6.45) is 3.32. The van der Waals surface area contributed by atoms with Gasteiger partial charge in [-0.15, -0.1) is 0 Å². The Kier molecular flexibility index (Phi) is 2.53. The minimum absolute atomic E-state index is 0.138. The minimum Gasteiger partial charge on any atom is -0.358 e. The Morgan fingerprint density at radius 1 is 1.36 bits per heavy atom. The molecule has 0 amide bonds. The molecule has 1 nitrogen and oxygen atoms in total. The molecule has 0 aliphatic carbocycles. The molecular weight excluding hydrogens is 177 g/mol. The minimum atomic E-state index is -0.138. The molecule has 0 fully saturated rings. The van der Waals surface area contributed by atoms with E-state index in [0.717, 1.165) is 30.5 Å². The highest BCUT2D eigenvalue weighted by molar-refractivity contribution is 5.80. The van der Waals surface area contributed by atoms with E-state index >= 15 is 0 Å². The molecule has 0 atom stereocenters. The second-order valence-electron chi connectivity index (χ2n) is 3.60. The number of aryl methyl sites for hydroxylation is 1. The zero-order chi connectivity index (χ0) is 9.97. The topological polar surface area (TPSA) is 15.8 Å². The van der Waals surface area contributed by atoms with E-state index in [9.17, 15) is 4.39 Å². The number of hydrogen-bond donors (Lipinski definition) is 1. The molecule has 2 rings (SSSR count). The van der Waals surface area contributed by atoms with Gasteiger partial charge in [-0.05, 0) is 31.0 Å². The third-order valence-electron chi connectivity index (χ3n) is 2.47. The van der Waals surface area contributed by atoms with Crippen molar-refractivity contribution >= 4 is 10.9 Å². The zero-order valence-electron chi connectivity index (χ0n) is 8.31. The van der Waals surface area contributed by atoms with Crippen LogP contribution in [-0.4, -0.2) is 4.98 Å². The highest BCUT2D eigenvalue weighted by Gasteiger charge is 2.03. The maximum absolute atomic E-state index is 13.3. The van der Waals surface area contributed by atoms with Gasteiger partial charge in [0.2, 0.25) is 0 Å². The predicted octanol–water partition coefficient (Wildman–Crippen LogP) is 3.65. The summed E-state index contributed by atoms with van der Waals surface area (Å²) in [5.74, 6) is -0.138. The lowest BCUT2D eigenvalue weighted by Gasteiger charge is -1.92. The van der Waals surface area contributed by atoms with Crippen molar-refractivity contribution in [3.05, 3.63) is 35.8 Å². The van der Waals surface area contributed by atoms with Crippen molar-refractivity contribution in [3.8, 4) is 0 Å². The largest absolute Gasteiger partial charge is 0.358 e. The van der Waals surface area contributed by atoms with Crippen molar-refractivity contribution in [2.75, 3.05) is 0 Å². The van der Waals surface area contributed by atoms with Crippen LogP contribution in [0.3, 0.4) is 0 Å². The number of benzene rings is 1. The summed E-state index contributed by atoms with van der Waals surface area (Å²) < 4.78 is 13.3. The molecule has 14 heavy (non-hydrogen) atoms. The number of rotatable bonds is 3. The molecular formula is C12H14FN. The van der Waals surface area contributed by atoms with E-state index < -0.39 is 0 Å². The quantitative estimate of drug-likeness (QED) is 0.762. The zero-order valence-corrected chi connectivity index (χ0v) is 8.31. The van der Waals surface area contributed by atoms with Gasteiger partial charge in [-0.1, -0.05) is 19.4 Å². The van der Waals surface area contributed by atoms with Gasteiger partial charge in [-0.2, -0.15) is 0 Å². The fraction of sp³-hybridized carbons (Fsp3) is 0.333. The Bertz CT molecular complexity index is 431. The van der Waals surface area contributed by atoms with E-state index in [1.165, 1.54) is 6.07 Å². The van der Waals surface area contributed by atoms with Crippen LogP contribution < -0.4 is 0 Å². The average molecular weight is 191 g/mol. The number of hydrogen-bond acceptors (Lipinski definition) is 0. The molecule has 0 unspecified atom stereocenters. The summed E-state index contributed by atoms with van der Waals surface area (Å²) >= 11 is 0. The first-order valence-corrected chi connectivity index (χ1v) is 5.07. The van der Waals surface area contributed by atoms with Crippen molar-refractivity contribution in [1.82, 2.24) is 4.98 Å². The Labute approximate surface area is 82.9 Å². The fourth-order valence-electron chi connectivity index (χ4n) is 1.68. The molecule has 2 aromatic rings. The van der Waals surface area contributed by atoms with E-state index in [4.69, 9.17) is 0 Å². The van der Waals surface area contributed by atoms with Crippen LogP contribution in [0.15, 0.2) is 24.3 Å². The van der Waals surface area contributed by atoms with Crippen LogP contribution in [0, 0.1) is 5.82 Å². The standard InChI is InChI=1S/C12H14FN/c1-2-3-5-9-8-10-11(13)6-4-7-12(10)14-9/h4,6-8,14H,2-3,5H2,1H3. The van der Waals surface area contributed by atoms with Crippen LogP contribution in [0.2, 0.25) is 0 Å². The van der Waals surface area contributed by atoms with E-state index in [1.54, 1.807) is 6.07 Å². The average Bonchev–Trinajstić information content (AvgIpc) is 2.59. The summed E-state index contributed by atoms with van der Waals surface area (Å²) in [5.41, 5.74) is 2.03. The molecule has 0 saturated heterocycles. The van der Waals surface area contributed by atoms with Crippen molar-refractivity contribution in [3.63, 3.8) is 0 Å². The maximum atomic E-state index is 13.3. The SMILES string of the molecule is CCCCc1cc2c(F)cccc2[nH]1. The molecule has 1 N–H and O–H groups in total. The lowest BCUT2D eigenvalue weighted by molar-refractivity contribution is 0.640. The molecule has 0 saturated carbocycles. The molecule has 0 aliphatic heterocycles. The highest BCUT2D eigenvalue weighted by Crippen LogP contribution is 2.19. The third-order valence-corrected chi connectivity index (χ3v) is 2.47. The smallest absolute Gasteiger partial charge is 0.132 e. The van der Waals surface area contributed by atoms with Crippen LogP contribution in [0.25, 0.3) is 10.9 Å². The molecule has 0 spiro atoms. The summed E-state index contributed by atoms with van der Waals surface area (Å²) in [7, 11) is 0. The van der Waals surface area contributed by atoms with Gasteiger partial charge >= 0.3 is 0 Å². The molecule has 1 aromatic carbocycles. The van der Waals surface area contributed by atoms with Gasteiger partial charge in [0.25, 0.3) is 0 Å². The number of halogens is 1. The van der Waals surface area contributed by atoms with Gasteiger partial charge in [-0.3, -0.25) is 0 Å². The van der Waals surface area contributed by atoms with Crippen molar-refractivity contribution in [2.45, 2.75) is 26.2 Å². The predicted molar refractivity (Wildman–Crippen MR) is 56.9 cm³/mol. The van der Waals surface area contributed by atoms with E-state index in [2.05, 4.69) is 11.9 Å². The number of H-pyrrole nitrogens is 1. The van der Waals surface area contributed by atoms with Crippen molar-refractivity contribution in [2.24, 2.45) is 0 Å². The molecule has 2 heteroatoms. The maximum Gasteiger partial charge on any atom is 0.132 e. The Morgan fingerprint density at radius 2 is 2.21 bits per heavy atom. The molecule has 1 heterocycles. The molecule has 0 bridgehead atoms. The Morgan fingerprint density at radius 3 is 2.93 bits per heavy atom. The van der Waals surface area contributed by atoms with Crippen LogP contribution >= 0.6 is 0 Å². The summed E-state index contributed by atoms with van der Waals surface area (Å²) in [5, 5.41) is 0.707. The third kappa shape index (κ3) is 1.65. The number of aromatic amines is 1. The van der Waals surface area contributed by atoms with Gasteiger partial charge in [0.1, 0.15) is 5.82 Å². The van der Waals surface area contributed by atoms with E-state index in [1.807, 2.05) is 12.1 Å². The Balaban J connectivity index is 2.36. The summed E-state index contributed by atoms with van der Waals surface area (Å²) in [6.45, 7) is 2.16. The summed E-state index contributed by atoms with van der Waals surface area (Å²) in [4.78, 5) is 3.23. The fourth-order valence-corrected chi connectivity index (χ4v) is 1.68. The monoisotopic (exact) mass is 191 g/mol. The van der Waals surface area contributed by atoms with Crippen LogP contribution in [0.4, 0.5) is 4.39 Å². The number of nitrogens with one attached hydrogen (secondary N) is 1. The molecule has 1 aromatic heterocycles. The lowest BCUT2D eigenvalue weighted by Crippen LogP contribution is -1.82. The first kappa shape index (κ1) is 9.25. The first-order chi connectivity index (χ1) is 6.81. The van der Waals surface area contributed by atoms with Gasteiger partial charge < -0.3 is 4.98 Å². The van der Waals surface area contributed by atoms with Gasteiger partial charge in [0, 0.05) is 16.6 Å². The van der Waals surface area contributed by atoms with Crippen LogP contribution in [0.5, 0.6) is 0 Å². The molecule has 0 radical (unpaired) electrons. The number of fused-ring (bicyclic) bond motifs is 1. The summed E-state index contributed by atoms with van der Waals surface area (Å²) in [6, 6.07) is 7.06. The molecule has 74 valence electrons.